The van der Waals surface area contributed by atoms with Gasteiger partial charge in [0.25, 0.3) is 5.91 Å². The van der Waals surface area contributed by atoms with Gasteiger partial charge >= 0.3 is 0 Å². The molecule has 2 aromatic rings. The predicted molar refractivity (Wildman–Crippen MR) is 107 cm³/mol. The number of carbonyl (C=O) groups is 2. The molecule has 0 spiro atoms. The van der Waals surface area contributed by atoms with E-state index in [1.807, 2.05) is 52.3 Å². The first kappa shape index (κ1) is 18.5. The highest BCUT2D eigenvalue weighted by Gasteiger charge is 2.31. The zero-order valence-corrected chi connectivity index (χ0v) is 16.3. The number of methoxy groups -OCH3 is 1. The fraction of sp³-hybridized carbons (Fsp3) is 0.391. The summed E-state index contributed by atoms with van der Waals surface area (Å²) in [5, 5.41) is 0. The number of ether oxygens (including phenoxy) is 1. The van der Waals surface area contributed by atoms with Crippen LogP contribution in [0.25, 0.3) is 0 Å². The van der Waals surface area contributed by atoms with Gasteiger partial charge in [0.05, 0.1) is 13.2 Å². The van der Waals surface area contributed by atoms with Crippen molar-refractivity contribution < 1.29 is 14.3 Å². The van der Waals surface area contributed by atoms with Gasteiger partial charge in [-0.1, -0.05) is 24.3 Å². The molecule has 5 heteroatoms. The summed E-state index contributed by atoms with van der Waals surface area (Å²) in [6.45, 7) is 2.15. The summed E-state index contributed by atoms with van der Waals surface area (Å²) < 4.78 is 5.35. The van der Waals surface area contributed by atoms with E-state index in [2.05, 4.69) is 6.07 Å². The van der Waals surface area contributed by atoms with E-state index in [1.54, 1.807) is 7.11 Å². The van der Waals surface area contributed by atoms with Crippen LogP contribution in [0.15, 0.2) is 48.5 Å². The van der Waals surface area contributed by atoms with Crippen molar-refractivity contribution in [3.05, 3.63) is 65.2 Å². The van der Waals surface area contributed by atoms with Crippen LogP contribution in [0.5, 0.6) is 5.75 Å². The van der Waals surface area contributed by atoms with Gasteiger partial charge in [0.1, 0.15) is 5.75 Å². The molecule has 1 atom stereocenters. The summed E-state index contributed by atoms with van der Waals surface area (Å²) in [6, 6.07) is 15.8. The zero-order chi connectivity index (χ0) is 19.5. The number of hydrogen-bond donors (Lipinski definition) is 0. The minimum Gasteiger partial charge on any atom is -0.497 e. The molecule has 5 nitrogen and oxygen atoms in total. The Balaban J connectivity index is 1.53. The van der Waals surface area contributed by atoms with Gasteiger partial charge in [0.15, 0.2) is 0 Å². The third-order valence-electron chi connectivity index (χ3n) is 5.71. The molecule has 2 heterocycles. The molecular formula is C23H26N2O3. The fourth-order valence-corrected chi connectivity index (χ4v) is 4.27. The molecule has 28 heavy (non-hydrogen) atoms. The molecule has 1 unspecified atom stereocenters. The Bertz CT molecular complexity index is 880. The van der Waals surface area contributed by atoms with Crippen LogP contribution in [0.4, 0.5) is 0 Å². The van der Waals surface area contributed by atoms with Crippen molar-refractivity contribution in [2.24, 2.45) is 0 Å². The second-order valence-corrected chi connectivity index (χ2v) is 7.55. The zero-order valence-electron chi connectivity index (χ0n) is 16.3. The maximum Gasteiger partial charge on any atom is 0.254 e. The van der Waals surface area contributed by atoms with Crippen LogP contribution in [-0.2, 0) is 11.3 Å². The van der Waals surface area contributed by atoms with Crippen LogP contribution in [0.1, 0.15) is 53.2 Å². The first-order valence-electron chi connectivity index (χ1n) is 9.97. The van der Waals surface area contributed by atoms with Crippen LogP contribution in [0.3, 0.4) is 0 Å². The molecule has 2 amide bonds. The van der Waals surface area contributed by atoms with E-state index < -0.39 is 0 Å². The maximum absolute atomic E-state index is 13.3. The molecule has 0 saturated carbocycles. The van der Waals surface area contributed by atoms with Gasteiger partial charge in [-0.2, -0.15) is 0 Å². The van der Waals surface area contributed by atoms with Crippen molar-refractivity contribution >= 4 is 11.8 Å². The Kier molecular flexibility index (Phi) is 5.33. The lowest BCUT2D eigenvalue weighted by molar-refractivity contribution is -0.128. The summed E-state index contributed by atoms with van der Waals surface area (Å²) in [7, 11) is 1.66. The molecule has 2 fully saturated rings. The first-order chi connectivity index (χ1) is 13.7. The van der Waals surface area contributed by atoms with Crippen LogP contribution in [0.2, 0.25) is 0 Å². The van der Waals surface area contributed by atoms with Gasteiger partial charge in [0, 0.05) is 31.6 Å². The molecule has 0 aromatic heterocycles. The molecule has 2 aromatic carbocycles. The maximum atomic E-state index is 13.3. The molecular weight excluding hydrogens is 352 g/mol. The van der Waals surface area contributed by atoms with Crippen molar-refractivity contribution in [3.8, 4) is 5.75 Å². The van der Waals surface area contributed by atoms with Crippen molar-refractivity contribution in [1.29, 1.82) is 0 Å². The van der Waals surface area contributed by atoms with E-state index in [0.29, 0.717) is 18.5 Å². The molecule has 2 saturated heterocycles. The molecule has 0 bridgehead atoms. The van der Waals surface area contributed by atoms with Gasteiger partial charge in [0.2, 0.25) is 5.91 Å². The van der Waals surface area contributed by atoms with Gasteiger partial charge < -0.3 is 14.5 Å². The number of nitrogens with zero attached hydrogens (tertiary/aromatic N) is 2. The van der Waals surface area contributed by atoms with Gasteiger partial charge in [-0.25, -0.2) is 0 Å². The number of benzene rings is 2. The second kappa shape index (κ2) is 8.05. The standard InChI is InChI=1S/C23H26N2O3/c1-28-20-9-3-7-18(15-20)21-10-4-13-25(21)23(27)19-8-2-6-17(14-19)16-24-12-5-11-22(24)26/h2-3,6-9,14-15,21H,4-5,10-13,16H2,1H3. The summed E-state index contributed by atoms with van der Waals surface area (Å²) in [6.07, 6.45) is 3.51. The van der Waals surface area contributed by atoms with Crippen LogP contribution in [-0.4, -0.2) is 41.8 Å². The Morgan fingerprint density at radius 3 is 2.75 bits per heavy atom. The molecule has 2 aliphatic rings. The SMILES string of the molecule is COc1cccc(C2CCCN2C(=O)c2cccc(CN3CCCC3=O)c2)c1. The average Bonchev–Trinajstić information content (AvgIpc) is 3.37. The topological polar surface area (TPSA) is 49.9 Å². The molecule has 0 aliphatic carbocycles. The van der Waals surface area contributed by atoms with Gasteiger partial charge in [-0.15, -0.1) is 0 Å². The summed E-state index contributed by atoms with van der Waals surface area (Å²) in [5.74, 6) is 1.07. The highest BCUT2D eigenvalue weighted by atomic mass is 16.5. The summed E-state index contributed by atoms with van der Waals surface area (Å²) >= 11 is 0. The van der Waals surface area contributed by atoms with Gasteiger partial charge in [-0.05, 0) is 54.7 Å². The minimum atomic E-state index is 0.0555. The fourth-order valence-electron chi connectivity index (χ4n) is 4.27. The largest absolute Gasteiger partial charge is 0.497 e. The molecule has 2 aliphatic heterocycles. The minimum absolute atomic E-state index is 0.0555. The number of carbonyl (C=O) groups excluding carboxylic acids is 2. The third-order valence-corrected chi connectivity index (χ3v) is 5.71. The Labute approximate surface area is 165 Å². The smallest absolute Gasteiger partial charge is 0.254 e. The van der Waals surface area contributed by atoms with Gasteiger partial charge in [-0.3, -0.25) is 9.59 Å². The summed E-state index contributed by atoms with van der Waals surface area (Å²) in [4.78, 5) is 29.0. The van der Waals surface area contributed by atoms with E-state index in [9.17, 15) is 9.59 Å². The Morgan fingerprint density at radius 2 is 1.96 bits per heavy atom. The average molecular weight is 378 g/mol. The Morgan fingerprint density at radius 1 is 1.11 bits per heavy atom. The van der Waals surface area contributed by atoms with E-state index >= 15 is 0 Å². The highest BCUT2D eigenvalue weighted by Crippen LogP contribution is 2.34. The highest BCUT2D eigenvalue weighted by molar-refractivity contribution is 5.95. The number of likely N-dealkylation sites (tertiary alicyclic amines) is 2. The van der Waals surface area contributed by atoms with E-state index in [1.165, 1.54) is 0 Å². The number of hydrogen-bond acceptors (Lipinski definition) is 3. The molecule has 4 rings (SSSR count). The van der Waals surface area contributed by atoms with Crippen molar-refractivity contribution in [2.45, 2.75) is 38.3 Å². The van der Waals surface area contributed by atoms with Crippen LogP contribution in [0, 0.1) is 0 Å². The predicted octanol–water partition coefficient (Wildman–Crippen LogP) is 3.79. The third kappa shape index (κ3) is 3.75. The van der Waals surface area contributed by atoms with Crippen molar-refractivity contribution in [2.75, 3.05) is 20.2 Å². The first-order valence-corrected chi connectivity index (χ1v) is 9.97. The normalized spacial score (nSPS) is 19.3. The lowest BCUT2D eigenvalue weighted by Gasteiger charge is -2.26. The summed E-state index contributed by atoms with van der Waals surface area (Å²) in [5.41, 5.74) is 2.82. The monoisotopic (exact) mass is 378 g/mol. The van der Waals surface area contributed by atoms with E-state index in [-0.39, 0.29) is 17.9 Å². The second-order valence-electron chi connectivity index (χ2n) is 7.55. The van der Waals surface area contributed by atoms with E-state index in [4.69, 9.17) is 4.74 Å². The quantitative estimate of drug-likeness (QED) is 0.795. The number of rotatable bonds is 5. The Hall–Kier alpha value is -2.82. The van der Waals surface area contributed by atoms with Crippen LogP contribution < -0.4 is 4.74 Å². The van der Waals surface area contributed by atoms with E-state index in [0.717, 1.165) is 49.2 Å². The van der Waals surface area contributed by atoms with Crippen LogP contribution >= 0.6 is 0 Å². The van der Waals surface area contributed by atoms with Crippen molar-refractivity contribution in [1.82, 2.24) is 9.80 Å². The van der Waals surface area contributed by atoms with Crippen molar-refractivity contribution in [3.63, 3.8) is 0 Å². The molecule has 0 radical (unpaired) electrons. The number of amides is 2. The lowest BCUT2D eigenvalue weighted by atomic mass is 10.0. The lowest BCUT2D eigenvalue weighted by Crippen LogP contribution is -2.30. The molecule has 146 valence electrons. The molecule has 0 N–H and O–H groups in total.